The highest BCUT2D eigenvalue weighted by Gasteiger charge is 2.45. The van der Waals surface area contributed by atoms with Gasteiger partial charge >= 0.3 is 0 Å². The van der Waals surface area contributed by atoms with Gasteiger partial charge in [0.2, 0.25) is 17.7 Å². The Kier molecular flexibility index (Phi) is 4.14. The number of fused-ring (bicyclic) bond motifs is 1. The van der Waals surface area contributed by atoms with Gasteiger partial charge in [-0.25, -0.2) is 0 Å². The van der Waals surface area contributed by atoms with Crippen molar-refractivity contribution in [2.75, 3.05) is 0 Å². The lowest BCUT2D eigenvalue weighted by atomic mass is 9.83. The fourth-order valence-corrected chi connectivity index (χ4v) is 3.30. The summed E-state index contributed by atoms with van der Waals surface area (Å²) in [6.45, 7) is 3.32. The third kappa shape index (κ3) is 2.77. The summed E-state index contributed by atoms with van der Waals surface area (Å²) in [5.41, 5.74) is 5.42. The van der Waals surface area contributed by atoms with E-state index in [0.717, 1.165) is 4.90 Å². The van der Waals surface area contributed by atoms with E-state index < -0.39 is 41.0 Å². The molecule has 0 aromatic heterocycles. The van der Waals surface area contributed by atoms with E-state index in [0.29, 0.717) is 5.56 Å². The second-order valence-corrected chi connectivity index (χ2v) is 7.21. The predicted molar refractivity (Wildman–Crippen MR) is 89.8 cm³/mol. The molecule has 26 heavy (non-hydrogen) atoms. The summed E-state index contributed by atoms with van der Waals surface area (Å²) >= 11 is 0. The third-order valence-corrected chi connectivity index (χ3v) is 4.85. The van der Waals surface area contributed by atoms with E-state index in [1.165, 1.54) is 6.07 Å². The first kappa shape index (κ1) is 17.8. The van der Waals surface area contributed by atoms with Gasteiger partial charge in [-0.2, -0.15) is 0 Å². The van der Waals surface area contributed by atoms with Crippen LogP contribution in [-0.2, 0) is 20.8 Å². The zero-order valence-electron chi connectivity index (χ0n) is 14.5. The third-order valence-electron chi connectivity index (χ3n) is 4.85. The molecule has 0 spiro atoms. The molecular weight excluding hydrogens is 338 g/mol. The molecule has 0 aliphatic carbocycles. The maximum Gasteiger partial charge on any atom is 0.262 e. The van der Waals surface area contributed by atoms with Crippen LogP contribution in [0, 0.1) is 5.41 Å². The van der Waals surface area contributed by atoms with Gasteiger partial charge in [0.05, 0.1) is 11.1 Å². The van der Waals surface area contributed by atoms with Crippen LogP contribution in [0.2, 0.25) is 0 Å². The minimum atomic E-state index is -1.02. The number of nitrogens with zero attached hydrogens (tertiary/aromatic N) is 1. The molecule has 3 rings (SSSR count). The van der Waals surface area contributed by atoms with Gasteiger partial charge in [0, 0.05) is 11.8 Å². The van der Waals surface area contributed by atoms with E-state index in [1.54, 1.807) is 26.0 Å². The second-order valence-electron chi connectivity index (χ2n) is 7.21. The highest BCUT2D eigenvalue weighted by Crippen LogP contribution is 2.33. The van der Waals surface area contributed by atoms with Crippen LogP contribution in [0.15, 0.2) is 18.2 Å². The maximum atomic E-state index is 12.9. The Labute approximate surface area is 149 Å². The largest absolute Gasteiger partial charge is 0.369 e. The highest BCUT2D eigenvalue weighted by atomic mass is 16.2. The van der Waals surface area contributed by atoms with Gasteiger partial charge in [0.25, 0.3) is 11.8 Å². The van der Waals surface area contributed by atoms with E-state index in [4.69, 9.17) is 5.73 Å². The molecule has 5 amide bonds. The molecule has 8 heteroatoms. The average molecular weight is 357 g/mol. The van der Waals surface area contributed by atoms with E-state index in [2.05, 4.69) is 5.32 Å². The number of hydrogen-bond acceptors (Lipinski definition) is 5. The number of hydrogen-bond donors (Lipinski definition) is 2. The van der Waals surface area contributed by atoms with Crippen molar-refractivity contribution in [1.82, 2.24) is 10.2 Å². The topological polar surface area (TPSA) is 127 Å². The Morgan fingerprint density at radius 2 is 1.92 bits per heavy atom. The molecule has 8 nitrogen and oxygen atoms in total. The second kappa shape index (κ2) is 6.05. The average Bonchev–Trinajstić information content (AvgIpc) is 2.80. The fraction of sp³-hybridized carbons (Fsp3) is 0.389. The molecule has 2 heterocycles. The Morgan fingerprint density at radius 1 is 1.23 bits per heavy atom. The maximum absolute atomic E-state index is 12.9. The summed E-state index contributed by atoms with van der Waals surface area (Å²) < 4.78 is 0. The van der Waals surface area contributed by atoms with Crippen LogP contribution < -0.4 is 11.1 Å². The standard InChI is InChI=1S/C18H19N3O5/c1-18(2,17(19)26)8-9-4-3-5-10-13(9)16(25)21(15(10)24)11-6-7-12(22)20-14(11)23/h3-5,11H,6-8H2,1-2H3,(H2,19,26)(H,20,22,23). The van der Waals surface area contributed by atoms with Crippen LogP contribution >= 0.6 is 0 Å². The number of primary amides is 1. The molecule has 2 aliphatic heterocycles. The molecule has 0 bridgehead atoms. The van der Waals surface area contributed by atoms with Crippen molar-refractivity contribution in [3.05, 3.63) is 34.9 Å². The van der Waals surface area contributed by atoms with Gasteiger partial charge < -0.3 is 5.73 Å². The van der Waals surface area contributed by atoms with Crippen molar-refractivity contribution in [3.63, 3.8) is 0 Å². The molecule has 1 aromatic carbocycles. The van der Waals surface area contributed by atoms with E-state index >= 15 is 0 Å². The number of carbonyl (C=O) groups excluding carboxylic acids is 5. The molecule has 136 valence electrons. The summed E-state index contributed by atoms with van der Waals surface area (Å²) in [6.07, 6.45) is 0.345. The summed E-state index contributed by atoms with van der Waals surface area (Å²) in [5.74, 6) is -2.76. The molecule has 1 unspecified atom stereocenters. The van der Waals surface area contributed by atoms with Gasteiger partial charge in [-0.3, -0.25) is 34.2 Å². The van der Waals surface area contributed by atoms with Crippen LogP contribution in [0.5, 0.6) is 0 Å². The Balaban J connectivity index is 1.98. The summed E-state index contributed by atoms with van der Waals surface area (Å²) in [5, 5.41) is 2.16. The highest BCUT2D eigenvalue weighted by molar-refractivity contribution is 6.24. The molecule has 0 radical (unpaired) electrons. The normalized spacial score (nSPS) is 20.2. The lowest BCUT2D eigenvalue weighted by Gasteiger charge is -2.28. The Bertz CT molecular complexity index is 858. The van der Waals surface area contributed by atoms with Crippen LogP contribution in [0.4, 0.5) is 0 Å². The monoisotopic (exact) mass is 357 g/mol. The van der Waals surface area contributed by atoms with Crippen molar-refractivity contribution in [3.8, 4) is 0 Å². The van der Waals surface area contributed by atoms with E-state index in [-0.39, 0.29) is 30.4 Å². The SMILES string of the molecule is CC(C)(Cc1cccc2c1C(=O)N(C1CCC(=O)NC1=O)C2=O)C(N)=O. The summed E-state index contributed by atoms with van der Waals surface area (Å²) in [7, 11) is 0. The zero-order valence-corrected chi connectivity index (χ0v) is 14.5. The van der Waals surface area contributed by atoms with Gasteiger partial charge in [-0.15, -0.1) is 0 Å². The van der Waals surface area contributed by atoms with Gasteiger partial charge in [-0.05, 0) is 24.5 Å². The van der Waals surface area contributed by atoms with Crippen molar-refractivity contribution in [2.24, 2.45) is 11.1 Å². The quantitative estimate of drug-likeness (QED) is 0.741. The van der Waals surface area contributed by atoms with Gasteiger partial charge in [0.1, 0.15) is 6.04 Å². The van der Waals surface area contributed by atoms with Crippen LogP contribution in [0.3, 0.4) is 0 Å². The summed E-state index contributed by atoms with van der Waals surface area (Å²) in [4.78, 5) is 61.6. The minimum Gasteiger partial charge on any atom is -0.369 e. The molecule has 0 saturated carbocycles. The van der Waals surface area contributed by atoms with Crippen molar-refractivity contribution >= 4 is 29.5 Å². The number of piperidine rings is 1. The zero-order chi connectivity index (χ0) is 19.2. The van der Waals surface area contributed by atoms with Crippen molar-refractivity contribution < 1.29 is 24.0 Å². The van der Waals surface area contributed by atoms with Gasteiger partial charge in [-0.1, -0.05) is 26.0 Å². The number of carbonyl (C=O) groups is 5. The van der Waals surface area contributed by atoms with E-state index in [1.807, 2.05) is 0 Å². The molecule has 1 aromatic rings. The lowest BCUT2D eigenvalue weighted by molar-refractivity contribution is -0.136. The van der Waals surface area contributed by atoms with Crippen molar-refractivity contribution in [2.45, 2.75) is 39.2 Å². The fourth-order valence-electron chi connectivity index (χ4n) is 3.30. The molecule has 1 fully saturated rings. The molecule has 1 saturated heterocycles. The number of nitrogens with one attached hydrogen (secondary N) is 1. The number of amides is 5. The number of nitrogens with two attached hydrogens (primary N) is 1. The lowest BCUT2D eigenvalue weighted by Crippen LogP contribution is -2.54. The summed E-state index contributed by atoms with van der Waals surface area (Å²) in [6, 6.07) is 3.80. The first-order valence-electron chi connectivity index (χ1n) is 8.27. The molecule has 2 aliphatic rings. The smallest absolute Gasteiger partial charge is 0.262 e. The first-order chi connectivity index (χ1) is 12.1. The van der Waals surface area contributed by atoms with Crippen LogP contribution in [0.1, 0.15) is 53.0 Å². The van der Waals surface area contributed by atoms with Crippen LogP contribution in [-0.4, -0.2) is 40.5 Å². The first-order valence-corrected chi connectivity index (χ1v) is 8.27. The van der Waals surface area contributed by atoms with E-state index in [9.17, 15) is 24.0 Å². The predicted octanol–water partition coefficient (Wildman–Crippen LogP) is 0.142. The molecule has 3 N–H and O–H groups in total. The number of benzene rings is 1. The van der Waals surface area contributed by atoms with Crippen LogP contribution in [0.25, 0.3) is 0 Å². The number of imide groups is 2. The Morgan fingerprint density at radius 3 is 2.54 bits per heavy atom. The molecular formula is C18H19N3O5. The minimum absolute atomic E-state index is 0.0609. The molecule has 1 atom stereocenters. The van der Waals surface area contributed by atoms with Gasteiger partial charge in [0.15, 0.2) is 0 Å². The Hall–Kier alpha value is -3.03. The number of rotatable bonds is 4. The van der Waals surface area contributed by atoms with Crippen molar-refractivity contribution in [1.29, 1.82) is 0 Å².